The van der Waals surface area contributed by atoms with Crippen molar-refractivity contribution in [2.75, 3.05) is 55.5 Å². The van der Waals surface area contributed by atoms with Gasteiger partial charge >= 0.3 is 5.97 Å². The van der Waals surface area contributed by atoms with E-state index in [1.807, 2.05) is 0 Å². The summed E-state index contributed by atoms with van der Waals surface area (Å²) < 4.78 is 38.0. The van der Waals surface area contributed by atoms with Gasteiger partial charge in [-0.2, -0.15) is 12.6 Å². The van der Waals surface area contributed by atoms with Gasteiger partial charge in [0.1, 0.15) is 6.10 Å². The van der Waals surface area contributed by atoms with E-state index in [-0.39, 0.29) is 12.0 Å². The summed E-state index contributed by atoms with van der Waals surface area (Å²) in [7, 11) is 11.3. The van der Waals surface area contributed by atoms with Gasteiger partial charge in [-0.1, -0.05) is 90.9 Å². The number of ether oxygens (including phenoxy) is 7. The standard InChI is InChI=1S/C16H34O3S.C14H30O4/c1-5-6-7-8-9-10-12-15(13-11-14-20)16(17-2,18-3)19-4;1-6-7-8-9-10-11-12-13(15-2)14(16-3,17-4)18-5/h15,20H,5-14H2,1-4H3;13H,6-12H2,1-5H3. The predicted molar refractivity (Wildman–Crippen MR) is 161 cm³/mol. The molecule has 0 aliphatic heterocycles. The Morgan fingerprint density at radius 1 is 0.474 bits per heavy atom. The first kappa shape index (κ1) is 40.2. The summed E-state index contributed by atoms with van der Waals surface area (Å²) in [5.74, 6) is -0.828. The van der Waals surface area contributed by atoms with Gasteiger partial charge in [0.25, 0.3) is 5.97 Å². The third kappa shape index (κ3) is 16.4. The number of rotatable bonds is 26. The summed E-state index contributed by atoms with van der Waals surface area (Å²) in [6.45, 7) is 4.47. The van der Waals surface area contributed by atoms with E-state index < -0.39 is 11.9 Å². The molecule has 0 heterocycles. The fraction of sp³-hybridized carbons (Fsp3) is 1.00. The SMILES string of the molecule is CCCCCCCCC(CCCS)C(OC)(OC)OC.CCCCCCCCC(OC)C(OC)(OC)OC. The van der Waals surface area contributed by atoms with Crippen LogP contribution in [-0.2, 0) is 33.2 Å². The quantitative estimate of drug-likeness (QED) is 0.0644. The Balaban J connectivity index is 0. The van der Waals surface area contributed by atoms with Crippen LogP contribution >= 0.6 is 12.6 Å². The largest absolute Gasteiger partial charge is 0.373 e. The molecule has 0 amide bonds. The lowest BCUT2D eigenvalue weighted by Gasteiger charge is -2.36. The van der Waals surface area contributed by atoms with E-state index in [2.05, 4.69) is 26.5 Å². The molecule has 0 spiro atoms. The van der Waals surface area contributed by atoms with Gasteiger partial charge < -0.3 is 33.2 Å². The van der Waals surface area contributed by atoms with Crippen molar-refractivity contribution in [2.45, 2.75) is 135 Å². The van der Waals surface area contributed by atoms with Gasteiger partial charge in [-0.05, 0) is 31.4 Å². The van der Waals surface area contributed by atoms with E-state index >= 15 is 0 Å². The highest BCUT2D eigenvalue weighted by atomic mass is 32.1. The minimum atomic E-state index is -1.09. The van der Waals surface area contributed by atoms with Crippen LogP contribution in [0.2, 0.25) is 0 Å². The average Bonchev–Trinajstić information content (AvgIpc) is 2.96. The highest BCUT2D eigenvalue weighted by Gasteiger charge is 2.40. The number of hydrogen-bond acceptors (Lipinski definition) is 8. The fourth-order valence-corrected chi connectivity index (χ4v) is 5.13. The molecule has 0 saturated heterocycles. The molecular weight excluding hydrogens is 504 g/mol. The lowest BCUT2D eigenvalue weighted by Crippen LogP contribution is -2.48. The van der Waals surface area contributed by atoms with Crippen molar-refractivity contribution in [1.29, 1.82) is 0 Å². The molecule has 0 fully saturated rings. The third-order valence-electron chi connectivity index (χ3n) is 7.32. The Morgan fingerprint density at radius 2 is 0.842 bits per heavy atom. The molecule has 0 aromatic heterocycles. The van der Waals surface area contributed by atoms with Crippen LogP contribution in [0.3, 0.4) is 0 Å². The van der Waals surface area contributed by atoms with Gasteiger partial charge in [0.05, 0.1) is 0 Å². The molecule has 0 aromatic carbocycles. The summed E-state index contributed by atoms with van der Waals surface area (Å²) in [6.07, 6.45) is 19.2. The Bertz CT molecular complexity index is 457. The minimum Gasteiger partial charge on any atom is -0.373 e. The second kappa shape index (κ2) is 27.3. The molecule has 8 heteroatoms. The van der Waals surface area contributed by atoms with E-state index in [0.717, 1.165) is 37.9 Å². The highest BCUT2D eigenvalue weighted by Crippen LogP contribution is 2.32. The smallest absolute Gasteiger partial charge is 0.310 e. The Morgan fingerprint density at radius 3 is 1.21 bits per heavy atom. The Kier molecular flexibility index (Phi) is 28.8. The van der Waals surface area contributed by atoms with Crippen LogP contribution in [0.1, 0.15) is 117 Å². The second-order valence-electron chi connectivity index (χ2n) is 9.83. The maximum atomic E-state index is 5.52. The predicted octanol–water partition coefficient (Wildman–Crippen LogP) is 8.00. The molecule has 0 aliphatic carbocycles. The van der Waals surface area contributed by atoms with Crippen molar-refractivity contribution >= 4 is 12.6 Å². The minimum absolute atomic E-state index is 0.205. The van der Waals surface area contributed by atoms with Gasteiger partial charge in [0.2, 0.25) is 0 Å². The molecule has 38 heavy (non-hydrogen) atoms. The molecule has 0 radical (unpaired) electrons. The number of methoxy groups -OCH3 is 7. The van der Waals surface area contributed by atoms with Crippen molar-refractivity contribution in [2.24, 2.45) is 5.92 Å². The normalized spacial score (nSPS) is 13.7. The number of unbranched alkanes of at least 4 members (excludes halogenated alkanes) is 10. The van der Waals surface area contributed by atoms with Crippen molar-refractivity contribution < 1.29 is 33.2 Å². The zero-order valence-electron chi connectivity index (χ0n) is 26.5. The van der Waals surface area contributed by atoms with Crippen molar-refractivity contribution in [1.82, 2.24) is 0 Å². The first-order valence-corrected chi connectivity index (χ1v) is 15.5. The van der Waals surface area contributed by atoms with Gasteiger partial charge in [-0.25, -0.2) is 0 Å². The molecule has 232 valence electrons. The van der Waals surface area contributed by atoms with Crippen molar-refractivity contribution in [3.8, 4) is 0 Å². The monoisotopic (exact) mass is 568 g/mol. The van der Waals surface area contributed by atoms with Crippen LogP contribution in [0.25, 0.3) is 0 Å². The zero-order valence-corrected chi connectivity index (χ0v) is 27.4. The molecule has 0 bridgehead atoms. The van der Waals surface area contributed by atoms with Gasteiger partial charge in [0, 0.05) is 55.7 Å². The van der Waals surface area contributed by atoms with Crippen LogP contribution in [0.15, 0.2) is 0 Å². The van der Waals surface area contributed by atoms with Crippen LogP contribution in [0.4, 0.5) is 0 Å². The van der Waals surface area contributed by atoms with E-state index in [0.29, 0.717) is 0 Å². The van der Waals surface area contributed by atoms with E-state index in [1.165, 1.54) is 70.6 Å². The van der Waals surface area contributed by atoms with Gasteiger partial charge in [-0.3, -0.25) is 0 Å². The van der Waals surface area contributed by atoms with Crippen LogP contribution < -0.4 is 0 Å². The molecule has 2 atom stereocenters. The third-order valence-corrected chi connectivity index (χ3v) is 7.64. The fourth-order valence-electron chi connectivity index (χ4n) is 4.95. The van der Waals surface area contributed by atoms with Crippen LogP contribution in [-0.4, -0.2) is 73.6 Å². The lowest BCUT2D eigenvalue weighted by atomic mass is 9.93. The van der Waals surface area contributed by atoms with Gasteiger partial charge in [0.15, 0.2) is 0 Å². The molecule has 0 aromatic rings. The molecule has 0 saturated carbocycles. The second-order valence-corrected chi connectivity index (χ2v) is 10.3. The molecule has 7 nitrogen and oxygen atoms in total. The molecule has 0 N–H and O–H groups in total. The number of thiol groups is 1. The zero-order chi connectivity index (χ0) is 29.1. The first-order chi connectivity index (χ1) is 18.4. The Hall–Kier alpha value is 0.0700. The Labute approximate surface area is 241 Å². The van der Waals surface area contributed by atoms with Crippen molar-refractivity contribution in [3.05, 3.63) is 0 Å². The van der Waals surface area contributed by atoms with E-state index in [4.69, 9.17) is 33.2 Å². The topological polar surface area (TPSA) is 64.6 Å². The summed E-state index contributed by atoms with van der Waals surface area (Å²) in [4.78, 5) is 0. The molecule has 0 rings (SSSR count). The molecular formula is C30H64O7S. The summed E-state index contributed by atoms with van der Waals surface area (Å²) in [5, 5.41) is 0. The van der Waals surface area contributed by atoms with Crippen molar-refractivity contribution in [3.63, 3.8) is 0 Å². The maximum Gasteiger partial charge on any atom is 0.310 e. The molecule has 2 unspecified atom stereocenters. The summed E-state index contributed by atoms with van der Waals surface area (Å²) in [5.41, 5.74) is 0. The van der Waals surface area contributed by atoms with E-state index in [9.17, 15) is 0 Å². The summed E-state index contributed by atoms with van der Waals surface area (Å²) >= 11 is 4.30. The summed E-state index contributed by atoms with van der Waals surface area (Å²) in [6, 6.07) is 0. The maximum absolute atomic E-state index is 5.52. The van der Waals surface area contributed by atoms with E-state index in [1.54, 1.807) is 49.8 Å². The highest BCUT2D eigenvalue weighted by molar-refractivity contribution is 7.80. The first-order valence-electron chi connectivity index (χ1n) is 14.9. The van der Waals surface area contributed by atoms with Gasteiger partial charge in [-0.15, -0.1) is 0 Å². The molecule has 0 aliphatic rings. The lowest BCUT2D eigenvalue weighted by molar-refractivity contribution is -0.392. The average molecular weight is 569 g/mol. The number of hydrogen-bond donors (Lipinski definition) is 1. The van der Waals surface area contributed by atoms with Crippen LogP contribution in [0, 0.1) is 5.92 Å². The van der Waals surface area contributed by atoms with Crippen LogP contribution in [0.5, 0.6) is 0 Å².